The summed E-state index contributed by atoms with van der Waals surface area (Å²) in [5.74, 6) is -0.358. The monoisotopic (exact) mass is 368 g/mol. The molecule has 0 spiro atoms. The molecule has 0 aliphatic carbocycles. The van der Waals surface area contributed by atoms with Gasteiger partial charge in [-0.3, -0.25) is 0 Å². The number of benzene rings is 2. The topological polar surface area (TPSA) is 106 Å². The Morgan fingerprint density at radius 2 is 1.96 bits per heavy atom. The minimum Gasteiger partial charge on any atom is -0.508 e. The standard InChI is InChI=1S/C20H16O7/c1-25-18-8-12(2-6-16(18)22)3-7-19(23)26-11-13-9-20(24)27-17-10-14(21)4-5-15(13)17/h2-10,21-22H,11H2,1H3/b7-3+. The third kappa shape index (κ3) is 4.27. The van der Waals surface area contributed by atoms with Crippen molar-refractivity contribution in [1.29, 1.82) is 0 Å². The van der Waals surface area contributed by atoms with Gasteiger partial charge in [0.05, 0.1) is 7.11 Å². The van der Waals surface area contributed by atoms with E-state index in [0.29, 0.717) is 16.5 Å². The Hall–Kier alpha value is -3.74. The number of phenolic OH excluding ortho intramolecular Hbond substituents is 2. The Morgan fingerprint density at radius 3 is 2.74 bits per heavy atom. The van der Waals surface area contributed by atoms with Gasteiger partial charge in [-0.2, -0.15) is 0 Å². The van der Waals surface area contributed by atoms with E-state index in [4.69, 9.17) is 13.9 Å². The van der Waals surface area contributed by atoms with Crippen molar-refractivity contribution in [3.8, 4) is 17.2 Å². The summed E-state index contributed by atoms with van der Waals surface area (Å²) < 4.78 is 15.2. The Morgan fingerprint density at radius 1 is 1.15 bits per heavy atom. The molecule has 0 atom stereocenters. The Kier molecular flexibility index (Phi) is 5.12. The molecule has 0 amide bonds. The van der Waals surface area contributed by atoms with Crippen LogP contribution in [0.1, 0.15) is 11.1 Å². The van der Waals surface area contributed by atoms with E-state index in [9.17, 15) is 19.8 Å². The molecule has 0 aliphatic rings. The van der Waals surface area contributed by atoms with E-state index in [1.165, 1.54) is 43.5 Å². The molecule has 27 heavy (non-hydrogen) atoms. The maximum atomic E-state index is 12.0. The maximum Gasteiger partial charge on any atom is 0.336 e. The molecule has 0 aliphatic heterocycles. The number of fused-ring (bicyclic) bond motifs is 1. The first-order chi connectivity index (χ1) is 13.0. The zero-order valence-electron chi connectivity index (χ0n) is 14.3. The fourth-order valence-corrected chi connectivity index (χ4v) is 2.50. The highest BCUT2D eigenvalue weighted by molar-refractivity contribution is 5.87. The summed E-state index contributed by atoms with van der Waals surface area (Å²) in [6.45, 7) is -0.130. The molecule has 0 saturated carbocycles. The van der Waals surface area contributed by atoms with Crippen LogP contribution in [0.25, 0.3) is 17.0 Å². The SMILES string of the molecule is COc1cc(/C=C/C(=O)OCc2cc(=O)oc3cc(O)ccc23)ccc1O. The van der Waals surface area contributed by atoms with Gasteiger partial charge in [-0.15, -0.1) is 0 Å². The van der Waals surface area contributed by atoms with Crippen LogP contribution in [-0.2, 0) is 16.1 Å². The van der Waals surface area contributed by atoms with Crippen LogP contribution >= 0.6 is 0 Å². The summed E-state index contributed by atoms with van der Waals surface area (Å²) in [5, 5.41) is 19.6. The lowest BCUT2D eigenvalue weighted by molar-refractivity contribution is -0.138. The van der Waals surface area contributed by atoms with E-state index >= 15 is 0 Å². The molecule has 1 heterocycles. The van der Waals surface area contributed by atoms with Crippen LogP contribution in [0, 0.1) is 0 Å². The normalized spacial score (nSPS) is 11.0. The van der Waals surface area contributed by atoms with Crippen molar-refractivity contribution in [2.75, 3.05) is 7.11 Å². The van der Waals surface area contributed by atoms with Crippen molar-refractivity contribution < 1.29 is 28.9 Å². The zero-order valence-corrected chi connectivity index (χ0v) is 14.3. The van der Waals surface area contributed by atoms with Gasteiger partial charge in [-0.25, -0.2) is 9.59 Å². The second kappa shape index (κ2) is 7.65. The molecule has 2 N–H and O–H groups in total. The highest BCUT2D eigenvalue weighted by Crippen LogP contribution is 2.27. The van der Waals surface area contributed by atoms with Gasteiger partial charge < -0.3 is 24.1 Å². The number of carbonyl (C=O) groups is 1. The molecular weight excluding hydrogens is 352 g/mol. The number of phenols is 2. The van der Waals surface area contributed by atoms with Crippen molar-refractivity contribution in [2.45, 2.75) is 6.61 Å². The van der Waals surface area contributed by atoms with Crippen molar-refractivity contribution in [3.05, 3.63) is 70.1 Å². The number of methoxy groups -OCH3 is 1. The van der Waals surface area contributed by atoms with Gasteiger partial charge in [0.2, 0.25) is 0 Å². The van der Waals surface area contributed by atoms with Gasteiger partial charge in [0.25, 0.3) is 0 Å². The van der Waals surface area contributed by atoms with Gasteiger partial charge in [0, 0.05) is 29.2 Å². The van der Waals surface area contributed by atoms with E-state index in [2.05, 4.69) is 0 Å². The summed E-state index contributed by atoms with van der Waals surface area (Å²) in [7, 11) is 1.43. The lowest BCUT2D eigenvalue weighted by Gasteiger charge is -2.06. The second-order valence-corrected chi connectivity index (χ2v) is 5.64. The third-order valence-corrected chi connectivity index (χ3v) is 3.80. The highest BCUT2D eigenvalue weighted by atomic mass is 16.5. The molecule has 3 rings (SSSR count). The van der Waals surface area contributed by atoms with Crippen molar-refractivity contribution >= 4 is 23.0 Å². The number of aromatic hydroxyl groups is 2. The average molecular weight is 368 g/mol. The van der Waals surface area contributed by atoms with Gasteiger partial charge in [0.15, 0.2) is 11.5 Å². The van der Waals surface area contributed by atoms with Gasteiger partial charge in [0.1, 0.15) is 17.9 Å². The zero-order chi connectivity index (χ0) is 19.4. The molecule has 0 radical (unpaired) electrons. The Balaban J connectivity index is 1.73. The van der Waals surface area contributed by atoms with Crippen LogP contribution in [-0.4, -0.2) is 23.3 Å². The van der Waals surface area contributed by atoms with Crippen molar-refractivity contribution in [3.63, 3.8) is 0 Å². The minimum atomic E-state index is -0.609. The number of hydrogen-bond acceptors (Lipinski definition) is 7. The lowest BCUT2D eigenvalue weighted by atomic mass is 10.1. The first-order valence-electron chi connectivity index (χ1n) is 7.94. The molecule has 0 fully saturated rings. The molecule has 7 heteroatoms. The highest BCUT2D eigenvalue weighted by Gasteiger charge is 2.09. The van der Waals surface area contributed by atoms with Crippen molar-refractivity contribution in [1.82, 2.24) is 0 Å². The van der Waals surface area contributed by atoms with Crippen LogP contribution in [0.3, 0.4) is 0 Å². The van der Waals surface area contributed by atoms with E-state index in [1.54, 1.807) is 18.2 Å². The molecule has 0 unspecified atom stereocenters. The Bertz CT molecular complexity index is 1080. The van der Waals surface area contributed by atoms with Crippen LogP contribution in [0.2, 0.25) is 0 Å². The fourth-order valence-electron chi connectivity index (χ4n) is 2.50. The molecule has 0 saturated heterocycles. The molecular formula is C20H16O7. The van der Waals surface area contributed by atoms with Gasteiger partial charge in [-0.05, 0) is 35.9 Å². The number of rotatable bonds is 5. The van der Waals surface area contributed by atoms with E-state index in [1.807, 2.05) is 0 Å². The minimum absolute atomic E-state index is 0.00181. The summed E-state index contributed by atoms with van der Waals surface area (Å²) >= 11 is 0. The summed E-state index contributed by atoms with van der Waals surface area (Å²) in [4.78, 5) is 23.6. The number of ether oxygens (including phenoxy) is 2. The molecule has 0 bridgehead atoms. The van der Waals surface area contributed by atoms with Gasteiger partial charge >= 0.3 is 11.6 Å². The summed E-state index contributed by atoms with van der Waals surface area (Å²) in [5.41, 5.74) is 0.711. The van der Waals surface area contributed by atoms with E-state index < -0.39 is 11.6 Å². The fraction of sp³-hybridized carbons (Fsp3) is 0.100. The maximum absolute atomic E-state index is 12.0. The predicted molar refractivity (Wildman–Crippen MR) is 97.6 cm³/mol. The van der Waals surface area contributed by atoms with Gasteiger partial charge in [-0.1, -0.05) is 6.07 Å². The van der Waals surface area contributed by atoms with Crippen LogP contribution < -0.4 is 10.4 Å². The largest absolute Gasteiger partial charge is 0.508 e. The summed E-state index contributed by atoms with van der Waals surface area (Å²) in [6, 6.07) is 10.2. The summed E-state index contributed by atoms with van der Waals surface area (Å²) in [6.07, 6.45) is 2.74. The number of carbonyl (C=O) groups excluding carboxylic acids is 1. The van der Waals surface area contributed by atoms with Crippen molar-refractivity contribution in [2.24, 2.45) is 0 Å². The van der Waals surface area contributed by atoms with Crippen LogP contribution in [0.5, 0.6) is 17.2 Å². The van der Waals surface area contributed by atoms with Crippen LogP contribution in [0.15, 0.2) is 57.8 Å². The molecule has 2 aromatic carbocycles. The molecule has 7 nitrogen and oxygen atoms in total. The molecule has 1 aromatic heterocycles. The molecule has 3 aromatic rings. The lowest BCUT2D eigenvalue weighted by Crippen LogP contribution is -2.05. The first-order valence-corrected chi connectivity index (χ1v) is 7.94. The molecule has 138 valence electrons. The number of hydrogen-bond donors (Lipinski definition) is 2. The number of esters is 1. The van der Waals surface area contributed by atoms with E-state index in [-0.39, 0.29) is 29.4 Å². The predicted octanol–water partition coefficient (Wildman–Crippen LogP) is 2.97. The Labute approximate surface area is 153 Å². The average Bonchev–Trinajstić information content (AvgIpc) is 2.64. The smallest absolute Gasteiger partial charge is 0.336 e. The second-order valence-electron chi connectivity index (χ2n) is 5.64. The first kappa shape index (κ1) is 18.1. The van der Waals surface area contributed by atoms with E-state index in [0.717, 1.165) is 0 Å². The van der Waals surface area contributed by atoms with Crippen LogP contribution in [0.4, 0.5) is 0 Å². The third-order valence-electron chi connectivity index (χ3n) is 3.80. The quantitative estimate of drug-likeness (QED) is 0.405.